The summed E-state index contributed by atoms with van der Waals surface area (Å²) in [5.41, 5.74) is 0.988. The molecule has 1 amide bonds. The van der Waals surface area contributed by atoms with E-state index in [9.17, 15) is 13.2 Å². The van der Waals surface area contributed by atoms with Gasteiger partial charge in [0.1, 0.15) is 0 Å². The Labute approximate surface area is 125 Å². The van der Waals surface area contributed by atoms with Crippen LogP contribution in [-0.4, -0.2) is 63.9 Å². The topological polar surface area (TPSA) is 69.7 Å². The second-order valence-electron chi connectivity index (χ2n) is 5.32. The summed E-state index contributed by atoms with van der Waals surface area (Å²) in [4.78, 5) is 16.0. The van der Waals surface area contributed by atoms with Gasteiger partial charge in [-0.25, -0.2) is 13.1 Å². The molecule has 0 aromatic heterocycles. The van der Waals surface area contributed by atoms with Crippen molar-refractivity contribution >= 4 is 15.9 Å². The van der Waals surface area contributed by atoms with Crippen LogP contribution in [0.25, 0.3) is 0 Å². The van der Waals surface area contributed by atoms with Crippen molar-refractivity contribution < 1.29 is 13.2 Å². The minimum Gasteiger partial charge on any atom is -0.339 e. The number of nitrogens with zero attached hydrogens (tertiary/aromatic N) is 2. The zero-order chi connectivity index (χ0) is 15.5. The molecule has 2 rings (SSSR count). The summed E-state index contributed by atoms with van der Waals surface area (Å²) >= 11 is 0. The van der Waals surface area contributed by atoms with Gasteiger partial charge in [0.2, 0.25) is 15.9 Å². The highest BCUT2D eigenvalue weighted by Crippen LogP contribution is 2.09. The molecule has 1 heterocycles. The zero-order valence-corrected chi connectivity index (χ0v) is 13.2. The van der Waals surface area contributed by atoms with Gasteiger partial charge in [0.15, 0.2) is 0 Å². The van der Waals surface area contributed by atoms with E-state index in [0.717, 1.165) is 18.7 Å². The molecule has 21 heavy (non-hydrogen) atoms. The molecule has 0 aliphatic carbocycles. The summed E-state index contributed by atoms with van der Waals surface area (Å²) < 4.78 is 26.6. The third-order valence-corrected chi connectivity index (χ3v) is 5.02. The average molecular weight is 311 g/mol. The summed E-state index contributed by atoms with van der Waals surface area (Å²) in [6.45, 7) is 4.61. The maximum Gasteiger partial charge on any atom is 0.241 e. The fraction of sp³-hybridized carbons (Fsp3) is 0.500. The molecule has 7 heteroatoms. The predicted octanol–water partition coefficient (Wildman–Crippen LogP) is 0.0473. The van der Waals surface area contributed by atoms with Crippen molar-refractivity contribution in [1.82, 2.24) is 14.5 Å². The number of likely N-dealkylation sites (N-methyl/N-ethyl adjacent to an activating group) is 1. The maximum atomic E-state index is 12.1. The van der Waals surface area contributed by atoms with Crippen molar-refractivity contribution in [3.63, 3.8) is 0 Å². The first-order valence-corrected chi connectivity index (χ1v) is 8.39. The van der Waals surface area contributed by atoms with E-state index in [4.69, 9.17) is 0 Å². The average Bonchev–Trinajstić information content (AvgIpc) is 2.46. The highest BCUT2D eigenvalue weighted by atomic mass is 32.2. The summed E-state index contributed by atoms with van der Waals surface area (Å²) in [5.74, 6) is -0.182. The highest BCUT2D eigenvalue weighted by molar-refractivity contribution is 7.89. The molecule has 1 aromatic carbocycles. The maximum absolute atomic E-state index is 12.1. The van der Waals surface area contributed by atoms with Crippen LogP contribution in [0.1, 0.15) is 5.56 Å². The van der Waals surface area contributed by atoms with Crippen LogP contribution in [0.3, 0.4) is 0 Å². The van der Waals surface area contributed by atoms with E-state index in [1.807, 2.05) is 14.0 Å². The Kier molecular flexibility index (Phi) is 4.97. The van der Waals surface area contributed by atoms with Gasteiger partial charge in [-0.3, -0.25) is 4.79 Å². The number of piperazine rings is 1. The number of hydrogen-bond acceptors (Lipinski definition) is 4. The highest BCUT2D eigenvalue weighted by Gasteiger charge is 2.21. The summed E-state index contributed by atoms with van der Waals surface area (Å²) in [5, 5.41) is 0. The third-order valence-electron chi connectivity index (χ3n) is 3.60. The second kappa shape index (κ2) is 6.55. The lowest BCUT2D eigenvalue weighted by Crippen LogP contribution is -2.50. The number of sulfonamides is 1. The Bertz CT molecular complexity index is 590. The summed E-state index contributed by atoms with van der Waals surface area (Å²) in [6.07, 6.45) is 0. The van der Waals surface area contributed by atoms with E-state index in [1.165, 1.54) is 12.1 Å². The molecule has 1 fully saturated rings. The van der Waals surface area contributed by atoms with Gasteiger partial charge in [-0.15, -0.1) is 0 Å². The number of aryl methyl sites for hydroxylation is 1. The molecule has 1 saturated heterocycles. The number of carbonyl (C=O) groups excluding carboxylic acids is 1. The molecule has 1 aromatic rings. The lowest BCUT2D eigenvalue weighted by atomic mass is 10.2. The number of amides is 1. The Balaban J connectivity index is 1.92. The van der Waals surface area contributed by atoms with Crippen LogP contribution in [0.4, 0.5) is 0 Å². The lowest BCUT2D eigenvalue weighted by molar-refractivity contribution is -0.131. The van der Waals surface area contributed by atoms with Crippen LogP contribution in [0.5, 0.6) is 0 Å². The van der Waals surface area contributed by atoms with Gasteiger partial charge in [0.25, 0.3) is 0 Å². The molecule has 0 unspecified atom stereocenters. The van der Waals surface area contributed by atoms with Crippen molar-refractivity contribution in [2.45, 2.75) is 11.8 Å². The molecular weight excluding hydrogens is 290 g/mol. The van der Waals surface area contributed by atoms with Gasteiger partial charge in [0, 0.05) is 26.2 Å². The van der Waals surface area contributed by atoms with Gasteiger partial charge in [-0.05, 0) is 26.1 Å². The first-order chi connectivity index (χ1) is 9.88. The quantitative estimate of drug-likeness (QED) is 0.853. The molecule has 116 valence electrons. The van der Waals surface area contributed by atoms with Gasteiger partial charge < -0.3 is 9.80 Å². The molecule has 0 spiro atoms. The minimum absolute atomic E-state index is 0.180. The number of carbonyl (C=O) groups is 1. The summed E-state index contributed by atoms with van der Waals surface area (Å²) in [7, 11) is -1.63. The number of hydrogen-bond donors (Lipinski definition) is 1. The molecular formula is C14H21N3O3S. The number of nitrogens with one attached hydrogen (secondary N) is 1. The van der Waals surface area contributed by atoms with Crippen molar-refractivity contribution in [3.05, 3.63) is 29.8 Å². The zero-order valence-electron chi connectivity index (χ0n) is 12.4. The van der Waals surface area contributed by atoms with Crippen LogP contribution in [-0.2, 0) is 14.8 Å². The minimum atomic E-state index is -3.63. The smallest absolute Gasteiger partial charge is 0.241 e. The Morgan fingerprint density at radius 3 is 2.29 bits per heavy atom. The number of benzene rings is 1. The van der Waals surface area contributed by atoms with Crippen LogP contribution >= 0.6 is 0 Å². The molecule has 1 aliphatic heterocycles. The van der Waals surface area contributed by atoms with Crippen molar-refractivity contribution in [1.29, 1.82) is 0 Å². The molecule has 0 radical (unpaired) electrons. The van der Waals surface area contributed by atoms with Crippen LogP contribution < -0.4 is 4.72 Å². The van der Waals surface area contributed by atoms with Crippen LogP contribution in [0.15, 0.2) is 29.2 Å². The van der Waals surface area contributed by atoms with E-state index in [-0.39, 0.29) is 17.3 Å². The molecule has 1 aliphatic rings. The van der Waals surface area contributed by atoms with E-state index >= 15 is 0 Å². The first kappa shape index (κ1) is 15.9. The Morgan fingerprint density at radius 1 is 1.14 bits per heavy atom. The van der Waals surface area contributed by atoms with E-state index in [1.54, 1.807) is 17.0 Å². The fourth-order valence-electron chi connectivity index (χ4n) is 2.13. The summed E-state index contributed by atoms with van der Waals surface area (Å²) in [6, 6.07) is 6.55. The predicted molar refractivity (Wildman–Crippen MR) is 80.4 cm³/mol. The third kappa shape index (κ3) is 4.26. The van der Waals surface area contributed by atoms with E-state index in [0.29, 0.717) is 13.1 Å². The molecule has 0 bridgehead atoms. The lowest BCUT2D eigenvalue weighted by Gasteiger charge is -2.32. The van der Waals surface area contributed by atoms with Crippen molar-refractivity contribution in [3.8, 4) is 0 Å². The Morgan fingerprint density at radius 2 is 1.71 bits per heavy atom. The number of rotatable bonds is 4. The standard InChI is InChI=1S/C14H21N3O3S/c1-12-3-5-13(6-4-12)21(19,20)15-11-14(18)17-9-7-16(2)8-10-17/h3-6,15H,7-11H2,1-2H3. The normalized spacial score (nSPS) is 17.0. The van der Waals surface area contributed by atoms with Gasteiger partial charge in [0.05, 0.1) is 11.4 Å². The fourth-order valence-corrected chi connectivity index (χ4v) is 3.10. The van der Waals surface area contributed by atoms with Crippen molar-refractivity contribution in [2.24, 2.45) is 0 Å². The molecule has 0 atom stereocenters. The van der Waals surface area contributed by atoms with E-state index < -0.39 is 10.0 Å². The van der Waals surface area contributed by atoms with Gasteiger partial charge in [-0.1, -0.05) is 17.7 Å². The monoisotopic (exact) mass is 311 g/mol. The molecule has 0 saturated carbocycles. The van der Waals surface area contributed by atoms with Gasteiger partial charge >= 0.3 is 0 Å². The van der Waals surface area contributed by atoms with Crippen molar-refractivity contribution in [2.75, 3.05) is 39.8 Å². The van der Waals surface area contributed by atoms with Gasteiger partial charge in [-0.2, -0.15) is 0 Å². The van der Waals surface area contributed by atoms with Crippen LogP contribution in [0, 0.1) is 6.92 Å². The first-order valence-electron chi connectivity index (χ1n) is 6.91. The molecule has 6 nitrogen and oxygen atoms in total. The Hall–Kier alpha value is -1.44. The largest absolute Gasteiger partial charge is 0.339 e. The van der Waals surface area contributed by atoms with E-state index in [2.05, 4.69) is 9.62 Å². The van der Waals surface area contributed by atoms with Crippen LogP contribution in [0.2, 0.25) is 0 Å². The SMILES string of the molecule is Cc1ccc(S(=O)(=O)NCC(=O)N2CCN(C)CC2)cc1. The molecule has 1 N–H and O–H groups in total. The second-order valence-corrected chi connectivity index (χ2v) is 7.09.